The van der Waals surface area contributed by atoms with Crippen LogP contribution in [0.3, 0.4) is 0 Å². The van der Waals surface area contributed by atoms with Gasteiger partial charge in [0.15, 0.2) is 9.84 Å². The smallest absolute Gasteiger partial charge is 0.151 e. The number of benzene rings is 1. The predicted octanol–water partition coefficient (Wildman–Crippen LogP) is 1.67. The van der Waals surface area contributed by atoms with Gasteiger partial charge in [-0.2, -0.15) is 0 Å². The molecule has 0 atom stereocenters. The van der Waals surface area contributed by atoms with Gasteiger partial charge in [0.2, 0.25) is 0 Å². The van der Waals surface area contributed by atoms with E-state index in [4.69, 9.17) is 0 Å². The Balaban J connectivity index is 1.75. The summed E-state index contributed by atoms with van der Waals surface area (Å²) in [5, 5.41) is 3.45. The van der Waals surface area contributed by atoms with Crippen LogP contribution < -0.4 is 5.32 Å². The van der Waals surface area contributed by atoms with Crippen LogP contribution in [-0.2, 0) is 22.8 Å². The summed E-state index contributed by atoms with van der Waals surface area (Å²) in [6.45, 7) is 3.48. The van der Waals surface area contributed by atoms with E-state index in [0.29, 0.717) is 18.1 Å². The minimum absolute atomic E-state index is 0.306. The lowest BCUT2D eigenvalue weighted by Crippen LogP contribution is -2.27. The molecule has 2 heterocycles. The third kappa shape index (κ3) is 3.15. The Bertz CT molecular complexity index is 584. The molecule has 1 aromatic carbocycles. The molecule has 1 N–H and O–H groups in total. The summed E-state index contributed by atoms with van der Waals surface area (Å²) >= 11 is 0. The molecule has 20 heavy (non-hydrogen) atoms. The van der Waals surface area contributed by atoms with E-state index in [9.17, 15) is 8.42 Å². The second-order valence-electron chi connectivity index (χ2n) is 5.76. The zero-order valence-electron chi connectivity index (χ0n) is 11.8. The van der Waals surface area contributed by atoms with Gasteiger partial charge in [-0.25, -0.2) is 8.42 Å². The van der Waals surface area contributed by atoms with E-state index in [1.165, 1.54) is 23.2 Å². The molecular weight excluding hydrogens is 272 g/mol. The maximum absolute atomic E-state index is 11.7. The van der Waals surface area contributed by atoms with Crippen LogP contribution in [0.25, 0.3) is 0 Å². The van der Waals surface area contributed by atoms with Gasteiger partial charge in [0, 0.05) is 25.3 Å². The Morgan fingerprint density at radius 1 is 1.15 bits per heavy atom. The van der Waals surface area contributed by atoms with E-state index in [2.05, 4.69) is 28.4 Å². The standard InChI is InChI=1S/C15H22N2O2S/c18-20(19)10-3-8-17(9-11-20)12-13-4-1-6-15-14(13)5-2-7-16-15/h1,4,6,16H,2-3,5,7-12H2. The van der Waals surface area contributed by atoms with Crippen LogP contribution >= 0.6 is 0 Å². The van der Waals surface area contributed by atoms with Crippen molar-refractivity contribution < 1.29 is 8.42 Å². The number of fused-ring (bicyclic) bond motifs is 1. The van der Waals surface area contributed by atoms with E-state index in [1.54, 1.807) is 0 Å². The van der Waals surface area contributed by atoms with Gasteiger partial charge in [0.1, 0.15) is 0 Å². The Labute approximate surface area is 121 Å². The molecule has 0 aromatic heterocycles. The van der Waals surface area contributed by atoms with Gasteiger partial charge >= 0.3 is 0 Å². The van der Waals surface area contributed by atoms with E-state index >= 15 is 0 Å². The fraction of sp³-hybridized carbons (Fsp3) is 0.600. The summed E-state index contributed by atoms with van der Waals surface area (Å²) in [7, 11) is -2.82. The molecule has 4 nitrogen and oxygen atoms in total. The van der Waals surface area contributed by atoms with Gasteiger partial charge in [-0.05, 0) is 43.0 Å². The summed E-state index contributed by atoms with van der Waals surface area (Å²) < 4.78 is 23.3. The summed E-state index contributed by atoms with van der Waals surface area (Å²) in [5.41, 5.74) is 4.04. The van der Waals surface area contributed by atoms with E-state index in [-0.39, 0.29) is 0 Å². The Morgan fingerprint density at radius 2 is 2.05 bits per heavy atom. The summed E-state index contributed by atoms with van der Waals surface area (Å²) in [5.74, 6) is 0.651. The number of hydrogen-bond acceptors (Lipinski definition) is 4. The highest BCUT2D eigenvalue weighted by atomic mass is 32.2. The molecule has 0 aliphatic carbocycles. The molecule has 0 radical (unpaired) electrons. The first kappa shape index (κ1) is 13.9. The predicted molar refractivity (Wildman–Crippen MR) is 81.8 cm³/mol. The van der Waals surface area contributed by atoms with Gasteiger partial charge < -0.3 is 5.32 Å². The van der Waals surface area contributed by atoms with Crippen molar-refractivity contribution in [3.63, 3.8) is 0 Å². The number of nitrogens with one attached hydrogen (secondary N) is 1. The molecule has 1 aromatic rings. The summed E-state index contributed by atoms with van der Waals surface area (Å²) in [6, 6.07) is 6.43. The Morgan fingerprint density at radius 3 is 2.95 bits per heavy atom. The lowest BCUT2D eigenvalue weighted by atomic mass is 9.97. The van der Waals surface area contributed by atoms with Crippen LogP contribution in [0.5, 0.6) is 0 Å². The van der Waals surface area contributed by atoms with Crippen molar-refractivity contribution in [3.8, 4) is 0 Å². The van der Waals surface area contributed by atoms with Gasteiger partial charge in [0.25, 0.3) is 0 Å². The van der Waals surface area contributed by atoms with Crippen molar-refractivity contribution in [3.05, 3.63) is 29.3 Å². The normalized spacial score (nSPS) is 22.6. The highest BCUT2D eigenvalue weighted by Crippen LogP contribution is 2.26. The fourth-order valence-electron chi connectivity index (χ4n) is 3.12. The van der Waals surface area contributed by atoms with Crippen molar-refractivity contribution in [2.24, 2.45) is 0 Å². The molecule has 2 aliphatic heterocycles. The summed E-state index contributed by atoms with van der Waals surface area (Å²) in [4.78, 5) is 2.29. The third-order valence-corrected chi connectivity index (χ3v) is 5.95. The Kier molecular flexibility index (Phi) is 3.98. The monoisotopic (exact) mass is 294 g/mol. The second-order valence-corrected chi connectivity index (χ2v) is 8.06. The van der Waals surface area contributed by atoms with Crippen molar-refractivity contribution in [2.45, 2.75) is 25.8 Å². The van der Waals surface area contributed by atoms with E-state index in [0.717, 1.165) is 32.5 Å². The SMILES string of the molecule is O=S1(=O)CCCN(Cc2cccc3c2CCCN3)CC1. The second kappa shape index (κ2) is 5.74. The van der Waals surface area contributed by atoms with Gasteiger partial charge in [-0.1, -0.05) is 12.1 Å². The molecule has 0 amide bonds. The molecule has 1 saturated heterocycles. The molecule has 0 unspecified atom stereocenters. The van der Waals surface area contributed by atoms with Crippen molar-refractivity contribution >= 4 is 15.5 Å². The largest absolute Gasteiger partial charge is 0.385 e. The van der Waals surface area contributed by atoms with Crippen LogP contribution in [0.2, 0.25) is 0 Å². The molecule has 1 fully saturated rings. The zero-order chi connectivity index (χ0) is 14.0. The fourth-order valence-corrected chi connectivity index (χ4v) is 4.43. The molecule has 0 saturated carbocycles. The molecule has 0 spiro atoms. The highest BCUT2D eigenvalue weighted by molar-refractivity contribution is 7.91. The van der Waals surface area contributed by atoms with Crippen LogP contribution in [0.4, 0.5) is 5.69 Å². The van der Waals surface area contributed by atoms with E-state index < -0.39 is 9.84 Å². The minimum atomic E-state index is -2.82. The maximum atomic E-state index is 11.7. The number of anilines is 1. The minimum Gasteiger partial charge on any atom is -0.385 e. The lowest BCUT2D eigenvalue weighted by Gasteiger charge is -2.25. The van der Waals surface area contributed by atoms with Gasteiger partial charge in [-0.15, -0.1) is 0 Å². The summed E-state index contributed by atoms with van der Waals surface area (Å²) in [6.07, 6.45) is 3.07. The topological polar surface area (TPSA) is 49.4 Å². The molecule has 5 heteroatoms. The van der Waals surface area contributed by atoms with Gasteiger partial charge in [-0.3, -0.25) is 4.90 Å². The van der Waals surface area contributed by atoms with E-state index in [1.807, 2.05) is 0 Å². The maximum Gasteiger partial charge on any atom is 0.151 e. The van der Waals surface area contributed by atoms with Crippen LogP contribution in [0, 0.1) is 0 Å². The van der Waals surface area contributed by atoms with Crippen molar-refractivity contribution in [1.82, 2.24) is 4.90 Å². The molecule has 110 valence electrons. The average Bonchev–Trinajstić information content (AvgIpc) is 2.61. The first-order valence-corrected chi connectivity index (χ1v) is 9.24. The third-order valence-electron chi connectivity index (χ3n) is 4.23. The zero-order valence-corrected chi connectivity index (χ0v) is 12.6. The van der Waals surface area contributed by atoms with Crippen molar-refractivity contribution in [2.75, 3.05) is 36.5 Å². The lowest BCUT2D eigenvalue weighted by molar-refractivity contribution is 0.286. The van der Waals surface area contributed by atoms with Gasteiger partial charge in [0.05, 0.1) is 11.5 Å². The Hall–Kier alpha value is -1.07. The molecular formula is C15H22N2O2S. The first-order chi connectivity index (χ1) is 9.64. The van der Waals surface area contributed by atoms with Crippen molar-refractivity contribution in [1.29, 1.82) is 0 Å². The number of nitrogens with zero attached hydrogens (tertiary/aromatic N) is 1. The van der Waals surface area contributed by atoms with Crippen LogP contribution in [0.1, 0.15) is 24.0 Å². The van der Waals surface area contributed by atoms with Crippen LogP contribution in [0.15, 0.2) is 18.2 Å². The number of hydrogen-bond donors (Lipinski definition) is 1. The average molecular weight is 294 g/mol. The quantitative estimate of drug-likeness (QED) is 0.901. The van der Waals surface area contributed by atoms with Crippen LogP contribution in [-0.4, -0.2) is 44.5 Å². The highest BCUT2D eigenvalue weighted by Gasteiger charge is 2.20. The first-order valence-electron chi connectivity index (χ1n) is 7.41. The molecule has 2 aliphatic rings. The number of rotatable bonds is 2. The number of sulfone groups is 1. The molecule has 0 bridgehead atoms. The molecule has 3 rings (SSSR count).